The molecular formula is C15H20N4O5. The van der Waals surface area contributed by atoms with Crippen molar-refractivity contribution in [3.8, 4) is 5.75 Å². The van der Waals surface area contributed by atoms with Crippen LogP contribution in [0.25, 0.3) is 0 Å². The van der Waals surface area contributed by atoms with Crippen molar-refractivity contribution < 1.29 is 19.2 Å². The molecule has 2 rings (SSSR count). The second kappa shape index (κ2) is 7.73. The first-order chi connectivity index (χ1) is 11.4. The van der Waals surface area contributed by atoms with Gasteiger partial charge in [-0.1, -0.05) is 0 Å². The first-order valence-electron chi connectivity index (χ1n) is 7.58. The Balaban J connectivity index is 2.33. The minimum Gasteiger partial charge on any atom is -0.496 e. The molecule has 9 heteroatoms. The van der Waals surface area contributed by atoms with Gasteiger partial charge in [-0.3, -0.25) is 19.7 Å². The van der Waals surface area contributed by atoms with Crippen molar-refractivity contribution in [2.45, 2.75) is 25.8 Å². The molecule has 0 bridgehead atoms. The molecule has 1 aliphatic heterocycles. The molecule has 0 aromatic heterocycles. The van der Waals surface area contributed by atoms with Gasteiger partial charge in [-0.05, 0) is 25.9 Å². The zero-order valence-electron chi connectivity index (χ0n) is 13.5. The largest absolute Gasteiger partial charge is 0.496 e. The number of hydrogen-bond acceptors (Lipinski definition) is 6. The summed E-state index contributed by atoms with van der Waals surface area (Å²) in [6.07, 6.45) is 1.58. The van der Waals surface area contributed by atoms with Crippen molar-refractivity contribution in [3.05, 3.63) is 27.8 Å². The van der Waals surface area contributed by atoms with Crippen LogP contribution < -0.4 is 20.7 Å². The Morgan fingerprint density at radius 2 is 2.00 bits per heavy atom. The lowest BCUT2D eigenvalue weighted by Gasteiger charge is -2.24. The summed E-state index contributed by atoms with van der Waals surface area (Å²) in [5.74, 6) is -0.723. The normalized spacial score (nSPS) is 14.8. The van der Waals surface area contributed by atoms with Gasteiger partial charge in [0, 0.05) is 25.1 Å². The maximum absolute atomic E-state index is 12.5. The molecular weight excluding hydrogens is 316 g/mol. The number of piperidine rings is 1. The number of carbonyl (C=O) groups is 2. The van der Waals surface area contributed by atoms with E-state index in [1.807, 2.05) is 0 Å². The maximum Gasteiger partial charge on any atom is 0.293 e. The number of nitrogens with one attached hydrogen (secondary N) is 3. The van der Waals surface area contributed by atoms with Crippen LogP contribution in [-0.4, -0.2) is 43.0 Å². The third-order valence-corrected chi connectivity index (χ3v) is 3.74. The van der Waals surface area contributed by atoms with Crippen LogP contribution in [0.1, 0.15) is 30.1 Å². The van der Waals surface area contributed by atoms with Gasteiger partial charge in [-0.15, -0.1) is 0 Å². The van der Waals surface area contributed by atoms with Crippen molar-refractivity contribution in [3.63, 3.8) is 0 Å². The highest BCUT2D eigenvalue weighted by molar-refractivity contribution is 6.00. The first-order valence-corrected chi connectivity index (χ1v) is 7.58. The average molecular weight is 336 g/mol. The standard InChI is InChI=1S/C15H20N4O5/c1-9(20)17-12-8-14(24-2)11(7-13(12)19(22)23)15(21)18-10-3-5-16-6-4-10/h7-8,10,16H,3-6H2,1-2H3,(H,17,20)(H,18,21). The van der Waals surface area contributed by atoms with Crippen LogP contribution in [0.5, 0.6) is 5.75 Å². The summed E-state index contributed by atoms with van der Waals surface area (Å²) in [7, 11) is 1.36. The maximum atomic E-state index is 12.5. The fourth-order valence-corrected chi connectivity index (χ4v) is 2.58. The molecule has 2 amide bonds. The number of carbonyl (C=O) groups excluding carboxylic acids is 2. The van der Waals surface area contributed by atoms with Crippen molar-refractivity contribution in [2.24, 2.45) is 0 Å². The fourth-order valence-electron chi connectivity index (χ4n) is 2.58. The highest BCUT2D eigenvalue weighted by Crippen LogP contribution is 2.33. The number of amides is 2. The lowest BCUT2D eigenvalue weighted by molar-refractivity contribution is -0.384. The SMILES string of the molecule is COc1cc(NC(C)=O)c([N+](=O)[O-])cc1C(=O)NC1CCNCC1. The number of hydrogen-bond donors (Lipinski definition) is 3. The molecule has 0 radical (unpaired) electrons. The Morgan fingerprint density at radius 1 is 1.33 bits per heavy atom. The quantitative estimate of drug-likeness (QED) is 0.545. The predicted octanol–water partition coefficient (Wildman–Crippen LogP) is 1.04. The second-order valence-electron chi connectivity index (χ2n) is 5.51. The molecule has 0 aliphatic carbocycles. The number of nitro benzene ring substituents is 1. The van der Waals surface area contributed by atoms with Gasteiger partial charge in [-0.25, -0.2) is 0 Å². The van der Waals surface area contributed by atoms with Gasteiger partial charge in [-0.2, -0.15) is 0 Å². The van der Waals surface area contributed by atoms with Crippen LogP contribution in [-0.2, 0) is 4.79 Å². The monoisotopic (exact) mass is 336 g/mol. The Bertz CT molecular complexity index is 656. The molecule has 1 heterocycles. The summed E-state index contributed by atoms with van der Waals surface area (Å²) in [4.78, 5) is 34.3. The Hall–Kier alpha value is -2.68. The summed E-state index contributed by atoms with van der Waals surface area (Å²) >= 11 is 0. The van der Waals surface area contributed by atoms with Gasteiger partial charge < -0.3 is 20.7 Å². The van der Waals surface area contributed by atoms with E-state index in [0.29, 0.717) is 0 Å². The van der Waals surface area contributed by atoms with Crippen LogP contribution in [0, 0.1) is 10.1 Å². The third-order valence-electron chi connectivity index (χ3n) is 3.74. The minimum atomic E-state index is -0.647. The van der Waals surface area contributed by atoms with E-state index in [2.05, 4.69) is 16.0 Å². The van der Waals surface area contributed by atoms with Gasteiger partial charge in [0.2, 0.25) is 5.91 Å². The lowest BCUT2D eigenvalue weighted by atomic mass is 10.1. The first kappa shape index (κ1) is 17.7. The van der Waals surface area contributed by atoms with Crippen molar-refractivity contribution >= 4 is 23.2 Å². The van der Waals surface area contributed by atoms with Gasteiger partial charge in [0.25, 0.3) is 11.6 Å². The number of rotatable bonds is 5. The van der Waals surface area contributed by atoms with E-state index in [-0.39, 0.29) is 28.7 Å². The number of nitro groups is 1. The third kappa shape index (κ3) is 4.19. The van der Waals surface area contributed by atoms with Crippen LogP contribution in [0.2, 0.25) is 0 Å². The smallest absolute Gasteiger partial charge is 0.293 e. The van der Waals surface area contributed by atoms with E-state index < -0.39 is 16.7 Å². The second-order valence-corrected chi connectivity index (χ2v) is 5.51. The zero-order chi connectivity index (χ0) is 17.7. The lowest BCUT2D eigenvalue weighted by Crippen LogP contribution is -2.42. The number of ether oxygens (including phenoxy) is 1. The van der Waals surface area contributed by atoms with E-state index in [4.69, 9.17) is 4.74 Å². The Kier molecular flexibility index (Phi) is 5.69. The molecule has 0 saturated carbocycles. The molecule has 0 unspecified atom stereocenters. The van der Waals surface area contributed by atoms with E-state index in [9.17, 15) is 19.7 Å². The zero-order valence-corrected chi connectivity index (χ0v) is 13.5. The van der Waals surface area contributed by atoms with Crippen LogP contribution >= 0.6 is 0 Å². The summed E-state index contributed by atoms with van der Waals surface area (Å²) in [6.45, 7) is 2.86. The number of methoxy groups -OCH3 is 1. The molecule has 9 nitrogen and oxygen atoms in total. The fraction of sp³-hybridized carbons (Fsp3) is 0.467. The van der Waals surface area contributed by atoms with Crippen LogP contribution in [0.15, 0.2) is 12.1 Å². The van der Waals surface area contributed by atoms with Gasteiger partial charge >= 0.3 is 0 Å². The molecule has 1 aromatic rings. The Labute approximate surface area is 138 Å². The van der Waals surface area contributed by atoms with E-state index in [1.54, 1.807) is 0 Å². The van der Waals surface area contributed by atoms with Crippen molar-refractivity contribution in [1.82, 2.24) is 10.6 Å². The minimum absolute atomic E-state index is 0.0113. The summed E-state index contributed by atoms with van der Waals surface area (Å²) in [5.41, 5.74) is -0.305. The van der Waals surface area contributed by atoms with Gasteiger partial charge in [0.05, 0.1) is 17.6 Å². The van der Waals surface area contributed by atoms with Gasteiger partial charge in [0.1, 0.15) is 11.4 Å². The number of nitrogens with zero attached hydrogens (tertiary/aromatic N) is 1. The van der Waals surface area contributed by atoms with Crippen molar-refractivity contribution in [2.75, 3.05) is 25.5 Å². The molecule has 1 aliphatic rings. The molecule has 130 valence electrons. The molecule has 0 spiro atoms. The highest BCUT2D eigenvalue weighted by Gasteiger charge is 2.25. The summed E-state index contributed by atoms with van der Waals surface area (Å²) in [5, 5.41) is 19.7. The molecule has 3 N–H and O–H groups in total. The topological polar surface area (TPSA) is 123 Å². The highest BCUT2D eigenvalue weighted by atomic mass is 16.6. The van der Waals surface area contributed by atoms with Crippen LogP contribution in [0.4, 0.5) is 11.4 Å². The molecule has 1 aromatic carbocycles. The number of benzene rings is 1. The molecule has 0 atom stereocenters. The predicted molar refractivity (Wildman–Crippen MR) is 87.3 cm³/mol. The molecule has 1 fully saturated rings. The summed E-state index contributed by atoms with van der Waals surface area (Å²) in [6, 6.07) is 2.43. The Morgan fingerprint density at radius 3 is 2.54 bits per heavy atom. The van der Waals surface area contributed by atoms with E-state index in [1.165, 1.54) is 20.1 Å². The number of anilines is 1. The van der Waals surface area contributed by atoms with Gasteiger partial charge in [0.15, 0.2) is 0 Å². The van der Waals surface area contributed by atoms with Crippen molar-refractivity contribution in [1.29, 1.82) is 0 Å². The van der Waals surface area contributed by atoms with E-state index >= 15 is 0 Å². The molecule has 1 saturated heterocycles. The summed E-state index contributed by atoms with van der Waals surface area (Å²) < 4.78 is 5.17. The van der Waals surface area contributed by atoms with E-state index in [0.717, 1.165) is 32.0 Å². The average Bonchev–Trinajstić information content (AvgIpc) is 2.54. The van der Waals surface area contributed by atoms with Crippen LogP contribution in [0.3, 0.4) is 0 Å². The molecule has 24 heavy (non-hydrogen) atoms.